The zero-order valence-electron chi connectivity index (χ0n) is 9.07. The van der Waals surface area contributed by atoms with E-state index in [-0.39, 0.29) is 0 Å². The minimum Gasteiger partial charge on any atom is -0.397 e. The third kappa shape index (κ3) is 3.30. The van der Waals surface area contributed by atoms with E-state index >= 15 is 0 Å². The molecule has 0 aliphatic heterocycles. The van der Waals surface area contributed by atoms with E-state index in [0.717, 1.165) is 0 Å². The Balaban J connectivity index is 3.30. The smallest absolute Gasteiger partial charge is 0.315 e. The van der Waals surface area contributed by atoms with E-state index in [2.05, 4.69) is 0 Å². The zero-order valence-corrected chi connectivity index (χ0v) is 9.07. The van der Waals surface area contributed by atoms with Crippen LogP contribution in [-0.4, -0.2) is 17.3 Å². The van der Waals surface area contributed by atoms with Crippen molar-refractivity contribution in [3.05, 3.63) is 27.8 Å². The third-order valence-corrected chi connectivity index (χ3v) is 2.07. The largest absolute Gasteiger partial charge is 0.397 e. The molecule has 104 valence electrons. The van der Waals surface area contributed by atoms with Crippen molar-refractivity contribution in [2.75, 3.05) is 11.1 Å². The molecule has 1 aromatic carbocycles. The molecule has 0 saturated heterocycles. The number of anilines is 2. The molecule has 0 bridgehead atoms. The molecule has 1 rings (SSSR count). The highest BCUT2D eigenvalue weighted by Gasteiger charge is 2.25. The summed E-state index contributed by atoms with van der Waals surface area (Å²) in [7, 11) is 0. The molecule has 3 N–H and O–H groups in total. The summed E-state index contributed by atoms with van der Waals surface area (Å²) in [5.74, 6) is -1.82. The van der Waals surface area contributed by atoms with E-state index in [1.165, 1.54) is 5.32 Å². The summed E-state index contributed by atoms with van der Waals surface area (Å²) in [4.78, 5) is 20.3. The predicted molar refractivity (Wildman–Crippen MR) is 57.1 cm³/mol. The normalized spacial score (nSPS) is 10.8. The summed E-state index contributed by atoms with van der Waals surface area (Å²) in [5, 5.41) is 12.2. The molecule has 0 aliphatic rings. The lowest BCUT2D eigenvalue weighted by Crippen LogP contribution is -2.21. The van der Waals surface area contributed by atoms with E-state index in [1.807, 2.05) is 0 Å². The molecule has 19 heavy (non-hydrogen) atoms. The quantitative estimate of drug-likeness (QED) is 0.383. The van der Waals surface area contributed by atoms with Crippen molar-refractivity contribution in [2.24, 2.45) is 0 Å². The fraction of sp³-hybridized carbons (Fsp3) is 0.222. The van der Waals surface area contributed by atoms with Gasteiger partial charge in [0.25, 0.3) is 18.0 Å². The first-order chi connectivity index (χ1) is 8.73. The molecular formula is C9H7F4N3O3. The number of hydrogen-bond donors (Lipinski definition) is 2. The number of nitrogens with two attached hydrogens (primary N) is 1. The van der Waals surface area contributed by atoms with Crippen molar-refractivity contribution in [1.82, 2.24) is 0 Å². The van der Waals surface area contributed by atoms with Crippen LogP contribution in [0.1, 0.15) is 12.0 Å². The second-order valence-electron chi connectivity index (χ2n) is 3.35. The van der Waals surface area contributed by atoms with Crippen LogP contribution >= 0.6 is 0 Å². The van der Waals surface area contributed by atoms with Crippen molar-refractivity contribution in [3.8, 4) is 0 Å². The number of carbonyl (C=O) groups excluding carboxylic acids is 1. The van der Waals surface area contributed by atoms with Crippen molar-refractivity contribution in [3.63, 3.8) is 0 Å². The van der Waals surface area contributed by atoms with Gasteiger partial charge >= 0.3 is 6.43 Å². The Morgan fingerprint density at radius 3 is 2.32 bits per heavy atom. The zero-order chi connectivity index (χ0) is 14.7. The minimum absolute atomic E-state index is 0.460. The van der Waals surface area contributed by atoms with Gasteiger partial charge in [-0.05, 0) is 6.07 Å². The van der Waals surface area contributed by atoms with Gasteiger partial charge in [-0.25, -0.2) is 8.78 Å². The van der Waals surface area contributed by atoms with Gasteiger partial charge in [-0.1, -0.05) is 0 Å². The van der Waals surface area contributed by atoms with Crippen LogP contribution in [0.2, 0.25) is 0 Å². The van der Waals surface area contributed by atoms with Crippen LogP contribution in [0.25, 0.3) is 0 Å². The number of hydrogen-bond acceptors (Lipinski definition) is 4. The summed E-state index contributed by atoms with van der Waals surface area (Å²) in [6.45, 7) is 0. The SMILES string of the molecule is Nc1cc(C(F)F)cc([N+](=O)[O-])c1NC(=O)C(F)F. The highest BCUT2D eigenvalue weighted by Crippen LogP contribution is 2.35. The molecule has 0 saturated carbocycles. The van der Waals surface area contributed by atoms with Gasteiger partial charge in [-0.15, -0.1) is 0 Å². The third-order valence-electron chi connectivity index (χ3n) is 2.07. The number of alkyl halides is 4. The summed E-state index contributed by atoms with van der Waals surface area (Å²) < 4.78 is 48.9. The highest BCUT2D eigenvalue weighted by molar-refractivity contribution is 5.98. The Bertz CT molecular complexity index is 522. The standard InChI is InChI=1S/C9H7F4N3O3/c10-7(11)3-1-4(14)6(5(2-3)16(18)19)15-9(17)8(12)13/h1-2,7-8H,14H2,(H,15,17). The molecule has 0 radical (unpaired) electrons. The fourth-order valence-electron chi connectivity index (χ4n) is 1.26. The number of amides is 1. The molecule has 0 fully saturated rings. The van der Waals surface area contributed by atoms with Gasteiger partial charge in [-0.2, -0.15) is 8.78 Å². The Hall–Kier alpha value is -2.39. The van der Waals surface area contributed by atoms with E-state index in [9.17, 15) is 32.5 Å². The van der Waals surface area contributed by atoms with Gasteiger partial charge in [0.2, 0.25) is 0 Å². The van der Waals surface area contributed by atoms with E-state index < -0.39 is 46.3 Å². The van der Waals surface area contributed by atoms with Gasteiger partial charge in [0, 0.05) is 11.6 Å². The monoisotopic (exact) mass is 281 g/mol. The first-order valence-corrected chi connectivity index (χ1v) is 4.69. The predicted octanol–water partition coefficient (Wildman–Crippen LogP) is 2.32. The van der Waals surface area contributed by atoms with Crippen molar-refractivity contribution < 1.29 is 27.3 Å². The number of nitro groups is 1. The molecule has 10 heteroatoms. The lowest BCUT2D eigenvalue weighted by molar-refractivity contribution is -0.384. The number of nitrogen functional groups attached to an aromatic ring is 1. The van der Waals surface area contributed by atoms with Crippen LogP contribution in [-0.2, 0) is 4.79 Å². The van der Waals surface area contributed by atoms with Gasteiger partial charge in [0.15, 0.2) is 0 Å². The lowest BCUT2D eigenvalue weighted by Gasteiger charge is -2.10. The first-order valence-electron chi connectivity index (χ1n) is 4.69. The molecule has 1 amide bonds. The second-order valence-corrected chi connectivity index (χ2v) is 3.35. The van der Waals surface area contributed by atoms with Gasteiger partial charge in [0.1, 0.15) is 5.69 Å². The maximum atomic E-state index is 12.4. The van der Waals surface area contributed by atoms with Crippen molar-refractivity contribution in [2.45, 2.75) is 12.9 Å². The summed E-state index contributed by atoms with van der Waals surface area (Å²) in [6, 6.07) is 1.13. The topological polar surface area (TPSA) is 98.3 Å². The minimum atomic E-state index is -3.42. The number of nitrogens with one attached hydrogen (secondary N) is 1. The van der Waals surface area contributed by atoms with E-state index in [0.29, 0.717) is 12.1 Å². The summed E-state index contributed by atoms with van der Waals surface area (Å²) in [6.07, 6.45) is -6.45. The van der Waals surface area contributed by atoms with Crippen LogP contribution in [0.15, 0.2) is 12.1 Å². The van der Waals surface area contributed by atoms with Gasteiger partial charge in [0.05, 0.1) is 10.6 Å². The Morgan fingerprint density at radius 2 is 1.89 bits per heavy atom. The number of rotatable bonds is 4. The molecule has 0 aromatic heterocycles. The first kappa shape index (κ1) is 14.7. The average molecular weight is 281 g/mol. The molecule has 1 aromatic rings. The highest BCUT2D eigenvalue weighted by atomic mass is 19.3. The Kier molecular flexibility index (Phi) is 4.25. The van der Waals surface area contributed by atoms with Crippen LogP contribution < -0.4 is 11.1 Å². The molecule has 0 heterocycles. The molecule has 0 aliphatic carbocycles. The van der Waals surface area contributed by atoms with Crippen LogP contribution in [0.3, 0.4) is 0 Å². The lowest BCUT2D eigenvalue weighted by atomic mass is 10.1. The second kappa shape index (κ2) is 5.50. The van der Waals surface area contributed by atoms with Crippen LogP contribution in [0.4, 0.5) is 34.6 Å². The number of nitrogens with zero attached hydrogens (tertiary/aromatic N) is 1. The molecule has 0 spiro atoms. The molecular weight excluding hydrogens is 274 g/mol. The summed E-state index contributed by atoms with van der Waals surface area (Å²) >= 11 is 0. The van der Waals surface area contributed by atoms with Crippen molar-refractivity contribution in [1.29, 1.82) is 0 Å². The molecule has 0 atom stereocenters. The van der Waals surface area contributed by atoms with Crippen LogP contribution in [0, 0.1) is 10.1 Å². The Labute approximate surface area is 103 Å². The molecule has 6 nitrogen and oxygen atoms in total. The number of halogens is 4. The summed E-state index contributed by atoms with van der Waals surface area (Å²) in [5.41, 5.74) is 2.18. The average Bonchev–Trinajstić information content (AvgIpc) is 2.30. The van der Waals surface area contributed by atoms with E-state index in [4.69, 9.17) is 5.73 Å². The molecule has 0 unspecified atom stereocenters. The van der Waals surface area contributed by atoms with Gasteiger partial charge in [-0.3, -0.25) is 14.9 Å². The Morgan fingerprint density at radius 1 is 1.32 bits per heavy atom. The van der Waals surface area contributed by atoms with Crippen molar-refractivity contribution >= 4 is 23.0 Å². The maximum Gasteiger partial charge on any atom is 0.315 e. The van der Waals surface area contributed by atoms with Gasteiger partial charge < -0.3 is 11.1 Å². The number of nitro benzene ring substituents is 1. The maximum absolute atomic E-state index is 12.4. The van der Waals surface area contributed by atoms with Crippen LogP contribution in [0.5, 0.6) is 0 Å². The van der Waals surface area contributed by atoms with E-state index in [1.54, 1.807) is 0 Å². The number of carbonyl (C=O) groups is 1. The number of benzene rings is 1. The fourth-order valence-corrected chi connectivity index (χ4v) is 1.26.